The third-order valence-corrected chi connectivity index (χ3v) is 1.36. The molecular weight excluding hydrogens is 127 g/mol. The molecule has 0 unspecified atom stereocenters. The van der Waals surface area contributed by atoms with E-state index in [2.05, 4.69) is 0 Å². The van der Waals surface area contributed by atoms with Gasteiger partial charge in [0, 0.05) is 5.56 Å². The van der Waals surface area contributed by atoms with Crippen molar-refractivity contribution < 1.29 is 9.84 Å². The smallest absolute Gasteiger partial charge is 0.124 e. The summed E-state index contributed by atoms with van der Waals surface area (Å²) in [5.74, 6) is 0.741. The van der Waals surface area contributed by atoms with Gasteiger partial charge in [0.05, 0.1) is 13.7 Å². The molecule has 0 radical (unpaired) electrons. The summed E-state index contributed by atoms with van der Waals surface area (Å²) < 4.78 is 4.98. The highest BCUT2D eigenvalue weighted by atomic mass is 16.4. The second-order valence-electron chi connectivity index (χ2n) is 1.97. The van der Waals surface area contributed by atoms with E-state index in [-0.39, 0.29) is 6.61 Å². The molecule has 0 amide bonds. The molecule has 2 heteroatoms. The van der Waals surface area contributed by atoms with E-state index in [4.69, 9.17) is 9.84 Å². The molecule has 0 aliphatic rings. The van der Waals surface area contributed by atoms with Gasteiger partial charge in [-0.1, -0.05) is 18.2 Å². The monoisotopic (exact) mass is 137 g/mol. The van der Waals surface area contributed by atoms with Crippen LogP contribution in [0.2, 0.25) is 0 Å². The van der Waals surface area contributed by atoms with Gasteiger partial charge in [0.25, 0.3) is 0 Å². The fourth-order valence-electron chi connectivity index (χ4n) is 0.834. The van der Waals surface area contributed by atoms with Gasteiger partial charge >= 0.3 is 0 Å². The molecule has 1 rings (SSSR count). The molecule has 0 aliphatic heterocycles. The second-order valence-corrected chi connectivity index (χ2v) is 1.97. The topological polar surface area (TPSA) is 29.5 Å². The predicted octanol–water partition coefficient (Wildman–Crippen LogP) is 1.19. The van der Waals surface area contributed by atoms with Crippen LogP contribution in [0.15, 0.2) is 24.3 Å². The fourth-order valence-corrected chi connectivity index (χ4v) is 0.834. The van der Waals surface area contributed by atoms with Gasteiger partial charge in [0.2, 0.25) is 0 Å². The maximum absolute atomic E-state index is 8.77. The second kappa shape index (κ2) is 3.22. The van der Waals surface area contributed by atoms with Gasteiger partial charge in [0.15, 0.2) is 0 Å². The van der Waals surface area contributed by atoms with Crippen molar-refractivity contribution in [3.63, 3.8) is 0 Å². The Balaban J connectivity index is 2.96. The fraction of sp³-hybridized carbons (Fsp3) is 0.250. The first-order valence-electron chi connectivity index (χ1n) is 3.11. The number of aliphatic hydroxyl groups excluding tert-OH is 1. The van der Waals surface area contributed by atoms with Crippen molar-refractivity contribution in [1.29, 1.82) is 0 Å². The summed E-state index contributed by atoms with van der Waals surface area (Å²) in [6.07, 6.45) is 0. The first-order chi connectivity index (χ1) is 4.88. The van der Waals surface area contributed by atoms with Crippen LogP contribution >= 0.6 is 0 Å². The van der Waals surface area contributed by atoms with Gasteiger partial charge in [-0.15, -0.1) is 0 Å². The van der Waals surface area contributed by atoms with Gasteiger partial charge in [-0.05, 0) is 6.07 Å². The number of methoxy groups -OCH3 is 1. The summed E-state index contributed by atoms with van der Waals surface area (Å²) in [4.78, 5) is 0. The van der Waals surface area contributed by atoms with Crippen LogP contribution in [0.5, 0.6) is 5.75 Å². The molecule has 10 heavy (non-hydrogen) atoms. The van der Waals surface area contributed by atoms with Crippen LogP contribution in [0.3, 0.4) is 0 Å². The zero-order valence-corrected chi connectivity index (χ0v) is 5.87. The molecule has 0 bridgehead atoms. The number of hydrogen-bond acceptors (Lipinski definition) is 2. The molecule has 0 aliphatic carbocycles. The number of ether oxygens (including phenoxy) is 1. The molecule has 0 fully saturated rings. The van der Waals surface area contributed by atoms with Gasteiger partial charge in [-0.25, -0.2) is 0 Å². The molecule has 1 aromatic carbocycles. The number of para-hydroxylation sites is 1. The Bertz CT molecular complexity index is 185. The number of benzene rings is 1. The number of rotatable bonds is 2. The summed E-state index contributed by atoms with van der Waals surface area (Å²) in [7, 11) is 1.59. The van der Waals surface area contributed by atoms with Crippen LogP contribution in [0.4, 0.5) is 0 Å². The molecule has 0 spiro atoms. The minimum Gasteiger partial charge on any atom is -0.496 e. The highest BCUT2D eigenvalue weighted by Crippen LogP contribution is 2.16. The van der Waals surface area contributed by atoms with Crippen molar-refractivity contribution in [1.82, 2.24) is 0 Å². The maximum Gasteiger partial charge on any atom is 0.124 e. The van der Waals surface area contributed by atoms with Crippen molar-refractivity contribution >= 4 is 0 Å². The highest BCUT2D eigenvalue weighted by molar-refractivity contribution is 5.32. The third kappa shape index (κ3) is 1.28. The van der Waals surface area contributed by atoms with Crippen LogP contribution in [0.1, 0.15) is 5.56 Å². The number of hydrogen-bond donors (Lipinski definition) is 1. The minimum absolute atomic E-state index is 0.0318. The van der Waals surface area contributed by atoms with Crippen molar-refractivity contribution in [2.45, 2.75) is 6.61 Å². The summed E-state index contributed by atoms with van der Waals surface area (Å²) in [6.45, 7) is 0.0318. The Labute approximate surface area is 60.1 Å². The van der Waals surface area contributed by atoms with Crippen LogP contribution in [-0.2, 0) is 6.61 Å². The van der Waals surface area contributed by atoms with E-state index in [0.29, 0.717) is 0 Å². The molecule has 2 nitrogen and oxygen atoms in total. The van der Waals surface area contributed by atoms with Crippen molar-refractivity contribution in [2.75, 3.05) is 7.11 Å². The molecule has 0 saturated heterocycles. The highest BCUT2D eigenvalue weighted by Gasteiger charge is 1.96. The van der Waals surface area contributed by atoms with Crippen LogP contribution < -0.4 is 4.74 Å². The Morgan fingerprint density at radius 2 is 2.10 bits per heavy atom. The van der Waals surface area contributed by atoms with E-state index >= 15 is 0 Å². The minimum atomic E-state index is 0.0318. The van der Waals surface area contributed by atoms with E-state index in [1.54, 1.807) is 7.11 Å². The summed E-state index contributed by atoms with van der Waals surface area (Å²) >= 11 is 0. The van der Waals surface area contributed by atoms with Crippen LogP contribution in [0, 0.1) is 0 Å². The average Bonchev–Trinajstić information content (AvgIpc) is 2.04. The SMILES string of the molecule is [11CH3]Oc1ccccc1CO. The van der Waals surface area contributed by atoms with E-state index in [0.717, 1.165) is 11.3 Å². The molecule has 1 aromatic rings. The largest absolute Gasteiger partial charge is 0.496 e. The van der Waals surface area contributed by atoms with Gasteiger partial charge in [-0.3, -0.25) is 0 Å². The zero-order valence-electron chi connectivity index (χ0n) is 5.87. The normalized spacial score (nSPS) is 9.40. The molecule has 54 valence electrons. The van der Waals surface area contributed by atoms with Gasteiger partial charge in [-0.2, -0.15) is 0 Å². The quantitative estimate of drug-likeness (QED) is 0.663. The maximum atomic E-state index is 8.77. The Hall–Kier alpha value is -1.02. The lowest BCUT2D eigenvalue weighted by atomic mass is 10.2. The van der Waals surface area contributed by atoms with Crippen molar-refractivity contribution in [3.8, 4) is 5.75 Å². The average molecular weight is 137 g/mol. The van der Waals surface area contributed by atoms with E-state index in [1.165, 1.54) is 0 Å². The van der Waals surface area contributed by atoms with Crippen molar-refractivity contribution in [2.24, 2.45) is 0 Å². The summed E-state index contributed by atoms with van der Waals surface area (Å²) in [5, 5.41) is 8.77. The predicted molar refractivity (Wildman–Crippen MR) is 38.9 cm³/mol. The first kappa shape index (κ1) is 7.09. The Kier molecular flexibility index (Phi) is 2.29. The third-order valence-electron chi connectivity index (χ3n) is 1.36. The Morgan fingerprint density at radius 3 is 2.60 bits per heavy atom. The lowest BCUT2D eigenvalue weighted by Gasteiger charge is -2.03. The lowest BCUT2D eigenvalue weighted by molar-refractivity contribution is 0.274. The van der Waals surface area contributed by atoms with Crippen LogP contribution in [0.25, 0.3) is 0 Å². The molecule has 0 atom stereocenters. The van der Waals surface area contributed by atoms with E-state index < -0.39 is 0 Å². The van der Waals surface area contributed by atoms with Gasteiger partial charge < -0.3 is 9.84 Å². The first-order valence-corrected chi connectivity index (χ1v) is 3.11. The molecule has 0 heterocycles. The molecule has 0 saturated carbocycles. The molecule has 0 aromatic heterocycles. The summed E-state index contributed by atoms with van der Waals surface area (Å²) in [5.41, 5.74) is 0.824. The van der Waals surface area contributed by atoms with Crippen LogP contribution in [-0.4, -0.2) is 12.2 Å². The lowest BCUT2D eigenvalue weighted by Crippen LogP contribution is -1.89. The van der Waals surface area contributed by atoms with Gasteiger partial charge in [0.1, 0.15) is 5.75 Å². The summed E-state index contributed by atoms with van der Waals surface area (Å²) in [6, 6.07) is 7.40. The van der Waals surface area contributed by atoms with E-state index in [9.17, 15) is 0 Å². The van der Waals surface area contributed by atoms with E-state index in [1.807, 2.05) is 24.3 Å². The Morgan fingerprint density at radius 1 is 1.40 bits per heavy atom. The molecule has 1 N–H and O–H groups in total. The number of aliphatic hydroxyl groups is 1. The zero-order chi connectivity index (χ0) is 7.40. The van der Waals surface area contributed by atoms with Crippen molar-refractivity contribution in [3.05, 3.63) is 29.8 Å². The standard InChI is InChI=1S/C8H10O2/c1-10-8-5-3-2-4-7(8)6-9/h2-5,9H,6H2,1H3/i1-1. The molecular formula is C8H10O2.